The van der Waals surface area contributed by atoms with E-state index < -0.39 is 21.7 Å². The van der Waals surface area contributed by atoms with Gasteiger partial charge in [-0.05, 0) is 12.1 Å². The second-order valence-corrected chi connectivity index (χ2v) is 6.18. The molecule has 9 heteroatoms. The molecule has 1 aromatic rings. The molecule has 0 fully saturated rings. The van der Waals surface area contributed by atoms with Crippen molar-refractivity contribution in [3.05, 3.63) is 27.7 Å². The van der Waals surface area contributed by atoms with Crippen molar-refractivity contribution in [2.75, 3.05) is 6.26 Å². The molecule has 98 valence electrons. The predicted octanol–water partition coefficient (Wildman–Crippen LogP) is 0.811. The molecule has 0 aliphatic heterocycles. The zero-order chi connectivity index (χ0) is 14.1. The summed E-state index contributed by atoms with van der Waals surface area (Å²) in [6.45, 7) is 0. The van der Waals surface area contributed by atoms with E-state index in [4.69, 9.17) is 34.7 Å². The Morgan fingerprint density at radius 1 is 1.22 bits per heavy atom. The van der Waals surface area contributed by atoms with E-state index in [0.29, 0.717) is 0 Å². The van der Waals surface area contributed by atoms with Crippen LogP contribution in [-0.4, -0.2) is 26.5 Å². The highest BCUT2D eigenvalue weighted by atomic mass is 35.5. The number of guanidine groups is 1. The van der Waals surface area contributed by atoms with E-state index in [2.05, 4.69) is 4.99 Å². The molecular weight excluding hydrogens is 301 g/mol. The van der Waals surface area contributed by atoms with Crippen LogP contribution in [0.2, 0.25) is 10.0 Å². The third-order valence-corrected chi connectivity index (χ3v) is 3.76. The van der Waals surface area contributed by atoms with Crippen molar-refractivity contribution in [3.8, 4) is 0 Å². The number of carbonyl (C=O) groups is 1. The average molecular weight is 310 g/mol. The number of nitrogens with zero attached hydrogens (tertiary/aromatic N) is 1. The fraction of sp³-hybridized carbons (Fsp3) is 0.111. The SMILES string of the molecule is CS(=O)(=O)c1cc(C(=O)N=C(N)N)c(Cl)cc1Cl. The van der Waals surface area contributed by atoms with Crippen LogP contribution in [0.4, 0.5) is 0 Å². The summed E-state index contributed by atoms with van der Waals surface area (Å²) in [5, 5.41) is -0.119. The molecule has 0 aliphatic rings. The minimum absolute atomic E-state index is 0.0394. The van der Waals surface area contributed by atoms with Gasteiger partial charge in [0.1, 0.15) is 0 Å². The van der Waals surface area contributed by atoms with E-state index in [1.165, 1.54) is 0 Å². The summed E-state index contributed by atoms with van der Waals surface area (Å²) in [5.74, 6) is -1.30. The van der Waals surface area contributed by atoms with Crippen LogP contribution in [0, 0.1) is 0 Å². The Kier molecular flexibility index (Phi) is 4.20. The van der Waals surface area contributed by atoms with Crippen LogP contribution in [0.1, 0.15) is 10.4 Å². The number of rotatable bonds is 2. The Balaban J connectivity index is 3.49. The smallest absolute Gasteiger partial charge is 0.281 e. The summed E-state index contributed by atoms with van der Waals surface area (Å²) in [6.07, 6.45) is 0.955. The number of hydrogen-bond acceptors (Lipinski definition) is 3. The normalized spacial score (nSPS) is 11.1. The molecule has 1 aromatic carbocycles. The van der Waals surface area contributed by atoms with Crippen LogP contribution in [0.5, 0.6) is 0 Å². The van der Waals surface area contributed by atoms with Gasteiger partial charge in [-0.1, -0.05) is 23.2 Å². The number of nitrogens with two attached hydrogens (primary N) is 2. The number of hydrogen-bond donors (Lipinski definition) is 2. The minimum atomic E-state index is -3.59. The number of carbonyl (C=O) groups excluding carboxylic acids is 1. The maximum absolute atomic E-state index is 11.6. The van der Waals surface area contributed by atoms with Crippen LogP contribution in [0.25, 0.3) is 0 Å². The Labute approximate surface area is 113 Å². The number of amides is 1. The Bertz CT molecular complexity index is 637. The van der Waals surface area contributed by atoms with Crippen LogP contribution in [0.3, 0.4) is 0 Å². The standard InChI is InChI=1S/C9H9Cl2N3O3S/c1-18(16,17)7-2-4(5(10)3-6(7)11)8(15)14-9(12)13/h2-3H,1H3,(H4,12,13,14,15). The fourth-order valence-electron chi connectivity index (χ4n) is 1.15. The molecule has 0 spiro atoms. The minimum Gasteiger partial charge on any atom is -0.370 e. The van der Waals surface area contributed by atoms with Gasteiger partial charge in [-0.25, -0.2) is 8.42 Å². The molecule has 0 saturated carbocycles. The number of benzene rings is 1. The van der Waals surface area contributed by atoms with E-state index in [1.54, 1.807) is 0 Å². The van der Waals surface area contributed by atoms with Gasteiger partial charge in [-0.2, -0.15) is 4.99 Å². The first kappa shape index (κ1) is 14.7. The molecule has 1 rings (SSSR count). The van der Waals surface area contributed by atoms with Crippen LogP contribution in [0.15, 0.2) is 22.0 Å². The molecule has 0 aromatic heterocycles. The maximum Gasteiger partial charge on any atom is 0.281 e. The van der Waals surface area contributed by atoms with Gasteiger partial charge in [0.2, 0.25) is 0 Å². The van der Waals surface area contributed by atoms with Crippen molar-refractivity contribution < 1.29 is 13.2 Å². The van der Waals surface area contributed by atoms with Crippen molar-refractivity contribution in [2.24, 2.45) is 16.5 Å². The molecule has 18 heavy (non-hydrogen) atoms. The van der Waals surface area contributed by atoms with Crippen molar-refractivity contribution in [1.29, 1.82) is 0 Å². The summed E-state index contributed by atoms with van der Waals surface area (Å²) in [7, 11) is -3.59. The monoisotopic (exact) mass is 309 g/mol. The van der Waals surface area contributed by atoms with Gasteiger partial charge >= 0.3 is 0 Å². The molecule has 0 aliphatic carbocycles. The topological polar surface area (TPSA) is 116 Å². The van der Waals surface area contributed by atoms with Crippen LogP contribution < -0.4 is 11.5 Å². The lowest BCUT2D eigenvalue weighted by atomic mass is 10.2. The van der Waals surface area contributed by atoms with Gasteiger partial charge in [0.15, 0.2) is 15.8 Å². The highest BCUT2D eigenvalue weighted by Gasteiger charge is 2.19. The van der Waals surface area contributed by atoms with Gasteiger partial charge in [0.05, 0.1) is 20.5 Å². The first-order valence-corrected chi connectivity index (χ1v) is 7.10. The van der Waals surface area contributed by atoms with Gasteiger partial charge < -0.3 is 11.5 Å². The Hall–Kier alpha value is -1.31. The molecule has 0 bridgehead atoms. The average Bonchev–Trinajstić information content (AvgIpc) is 2.13. The lowest BCUT2D eigenvalue weighted by Gasteiger charge is -2.06. The van der Waals surface area contributed by atoms with Crippen molar-refractivity contribution in [3.63, 3.8) is 0 Å². The maximum atomic E-state index is 11.6. The van der Waals surface area contributed by atoms with Gasteiger partial charge in [-0.3, -0.25) is 4.79 Å². The van der Waals surface area contributed by atoms with Gasteiger partial charge in [0.25, 0.3) is 5.91 Å². The highest BCUT2D eigenvalue weighted by molar-refractivity contribution is 7.90. The van der Waals surface area contributed by atoms with Crippen molar-refractivity contribution in [1.82, 2.24) is 0 Å². The van der Waals surface area contributed by atoms with E-state index in [1.807, 2.05) is 0 Å². The van der Waals surface area contributed by atoms with E-state index in [-0.39, 0.29) is 20.5 Å². The number of halogens is 2. The highest BCUT2D eigenvalue weighted by Crippen LogP contribution is 2.29. The molecule has 4 N–H and O–H groups in total. The molecule has 0 saturated heterocycles. The summed E-state index contributed by atoms with van der Waals surface area (Å²) in [4.78, 5) is 14.6. The lowest BCUT2D eigenvalue weighted by Crippen LogP contribution is -2.24. The molecular formula is C9H9Cl2N3O3S. The van der Waals surface area contributed by atoms with Gasteiger partial charge in [-0.15, -0.1) is 0 Å². The predicted molar refractivity (Wildman–Crippen MR) is 69.7 cm³/mol. The zero-order valence-corrected chi connectivity index (χ0v) is 11.5. The van der Waals surface area contributed by atoms with Crippen molar-refractivity contribution in [2.45, 2.75) is 4.90 Å². The second kappa shape index (κ2) is 5.13. The first-order valence-electron chi connectivity index (χ1n) is 4.46. The lowest BCUT2D eigenvalue weighted by molar-refractivity contribution is 0.100. The van der Waals surface area contributed by atoms with Crippen LogP contribution in [-0.2, 0) is 9.84 Å². The Morgan fingerprint density at radius 2 is 1.78 bits per heavy atom. The second-order valence-electron chi connectivity index (χ2n) is 3.38. The summed E-state index contributed by atoms with van der Waals surface area (Å²) >= 11 is 11.5. The van der Waals surface area contributed by atoms with E-state index in [9.17, 15) is 13.2 Å². The third kappa shape index (κ3) is 3.34. The molecule has 0 atom stereocenters. The van der Waals surface area contributed by atoms with Crippen LogP contribution >= 0.6 is 23.2 Å². The fourth-order valence-corrected chi connectivity index (χ4v) is 2.78. The summed E-state index contributed by atoms with van der Waals surface area (Å²) < 4.78 is 22.9. The molecule has 0 unspecified atom stereocenters. The molecule has 0 radical (unpaired) electrons. The Morgan fingerprint density at radius 3 is 2.22 bits per heavy atom. The zero-order valence-electron chi connectivity index (χ0n) is 9.15. The molecule has 0 heterocycles. The summed E-state index contributed by atoms with van der Waals surface area (Å²) in [6, 6.07) is 2.18. The largest absolute Gasteiger partial charge is 0.370 e. The first-order chi connectivity index (χ1) is 8.12. The third-order valence-electron chi connectivity index (χ3n) is 1.88. The van der Waals surface area contributed by atoms with Crippen molar-refractivity contribution >= 4 is 44.9 Å². The number of sulfone groups is 1. The van der Waals surface area contributed by atoms with E-state index in [0.717, 1.165) is 18.4 Å². The molecule has 1 amide bonds. The van der Waals surface area contributed by atoms with E-state index >= 15 is 0 Å². The molecule has 6 nitrogen and oxygen atoms in total. The summed E-state index contributed by atoms with van der Waals surface area (Å²) in [5.41, 5.74) is 9.96. The quantitative estimate of drug-likeness (QED) is 0.619. The number of aliphatic imine (C=N–C) groups is 1. The van der Waals surface area contributed by atoms with Gasteiger partial charge in [0, 0.05) is 6.26 Å².